The van der Waals surface area contributed by atoms with Crippen molar-refractivity contribution in [3.8, 4) is 0 Å². The zero-order valence-corrected chi connectivity index (χ0v) is 8.00. The van der Waals surface area contributed by atoms with Crippen molar-refractivity contribution in [1.82, 2.24) is 20.2 Å². The smallest absolute Gasteiger partial charge is 0.174 e. The number of aromatic amines is 1. The molecule has 1 N–H and O–H groups in total. The first kappa shape index (κ1) is 8.16. The Morgan fingerprint density at radius 3 is 2.77 bits per heavy atom. The van der Waals surface area contributed by atoms with Crippen LogP contribution in [-0.2, 0) is 5.41 Å². The highest BCUT2D eigenvalue weighted by Gasteiger charge is 2.16. The molecule has 4 heteroatoms. The lowest BCUT2D eigenvalue weighted by Crippen LogP contribution is -2.13. The van der Waals surface area contributed by atoms with E-state index in [1.807, 2.05) is 0 Å². The molecular formula is C9H14N4. The maximum absolute atomic E-state index is 4.45. The molecule has 0 aliphatic rings. The molecule has 2 rings (SSSR count). The number of aromatic nitrogens is 4. The third kappa shape index (κ3) is 1.39. The van der Waals surface area contributed by atoms with E-state index in [4.69, 9.17) is 0 Å². The monoisotopic (exact) mass is 178 g/mol. The van der Waals surface area contributed by atoms with Crippen molar-refractivity contribution in [1.29, 1.82) is 0 Å². The van der Waals surface area contributed by atoms with Gasteiger partial charge in [-0.15, -0.1) is 0 Å². The van der Waals surface area contributed by atoms with Crippen LogP contribution in [0.15, 0.2) is 12.4 Å². The Hall–Kier alpha value is -1.45. The molecule has 0 saturated heterocycles. The van der Waals surface area contributed by atoms with E-state index in [-0.39, 0.29) is 6.84 Å². The van der Waals surface area contributed by atoms with Crippen molar-refractivity contribution in [3.63, 3.8) is 0 Å². The minimum absolute atomic E-state index is 0. The molecule has 0 saturated carbocycles. The first-order valence-electron chi connectivity index (χ1n) is 4.24. The van der Waals surface area contributed by atoms with Gasteiger partial charge in [0.05, 0.1) is 18.1 Å². The van der Waals surface area contributed by atoms with Crippen LogP contribution in [0.5, 0.6) is 0 Å². The van der Waals surface area contributed by atoms with Gasteiger partial charge >= 0.3 is 0 Å². The molecule has 0 aliphatic heterocycles. The van der Waals surface area contributed by atoms with Gasteiger partial charge in [0.1, 0.15) is 5.52 Å². The van der Waals surface area contributed by atoms with Gasteiger partial charge in [-0.05, 0) is 0 Å². The molecule has 13 heavy (non-hydrogen) atoms. The zero-order chi connectivity index (χ0) is 9.47. The van der Waals surface area contributed by atoms with Crippen molar-refractivity contribution >= 4 is 11.2 Å². The second kappa shape index (κ2) is 2.52. The van der Waals surface area contributed by atoms with E-state index < -0.39 is 0 Å². The molecule has 0 spiro atoms. The molecule has 0 atom stereocenters. The normalized spacial score (nSPS) is 12.2. The average Bonchev–Trinajstić information content (AvgIpc) is 2.47. The van der Waals surface area contributed by atoms with Gasteiger partial charge in [-0.3, -0.25) is 5.10 Å². The molecule has 0 fully saturated rings. The summed E-state index contributed by atoms with van der Waals surface area (Å²) in [5.41, 5.74) is 2.60. The van der Waals surface area contributed by atoms with Crippen LogP contribution >= 0.6 is 0 Å². The number of rotatable bonds is 0. The van der Waals surface area contributed by atoms with Gasteiger partial charge < -0.3 is 0 Å². The third-order valence-electron chi connectivity index (χ3n) is 1.93. The summed E-state index contributed by atoms with van der Waals surface area (Å²) in [5, 5.41) is 6.65. The number of H-pyrrole nitrogens is 1. The van der Waals surface area contributed by atoms with E-state index in [0.29, 0.717) is 0 Å². The van der Waals surface area contributed by atoms with Crippen molar-refractivity contribution in [2.75, 3.05) is 0 Å². The molecule has 0 aliphatic carbocycles. The van der Waals surface area contributed by atoms with Crippen LogP contribution in [0.2, 0.25) is 0 Å². The largest absolute Gasteiger partial charge is 0.259 e. The highest BCUT2D eigenvalue weighted by Crippen LogP contribution is 2.20. The maximum Gasteiger partial charge on any atom is 0.174 e. The van der Waals surface area contributed by atoms with Crippen molar-refractivity contribution < 1.29 is 1.43 Å². The van der Waals surface area contributed by atoms with Gasteiger partial charge in [-0.25, -0.2) is 9.97 Å². The molecule has 0 radical (unpaired) electrons. The number of nitrogens with one attached hydrogen (secondary N) is 1. The highest BCUT2D eigenvalue weighted by molar-refractivity contribution is 5.68. The summed E-state index contributed by atoms with van der Waals surface area (Å²) in [6.07, 6.45) is 3.48. The van der Waals surface area contributed by atoms with Crippen LogP contribution < -0.4 is 0 Å². The molecule has 70 valence electrons. The van der Waals surface area contributed by atoms with Crippen LogP contribution in [0.1, 0.15) is 27.9 Å². The summed E-state index contributed by atoms with van der Waals surface area (Å²) in [4.78, 5) is 8.68. The molecule has 4 nitrogen and oxygen atoms in total. The van der Waals surface area contributed by atoms with E-state index in [9.17, 15) is 0 Å². The third-order valence-corrected chi connectivity index (χ3v) is 1.93. The van der Waals surface area contributed by atoms with Crippen LogP contribution in [0.25, 0.3) is 11.2 Å². The lowest BCUT2D eigenvalue weighted by Gasteiger charge is -2.16. The Labute approximate surface area is 77.9 Å². The molecule has 0 bridgehead atoms. The average molecular weight is 178 g/mol. The van der Waals surface area contributed by atoms with Gasteiger partial charge in [0.2, 0.25) is 0 Å². The zero-order valence-electron chi connectivity index (χ0n) is 8.00. The van der Waals surface area contributed by atoms with E-state index >= 15 is 0 Å². The quantitative estimate of drug-likeness (QED) is 0.670. The molecule has 0 aromatic carbocycles. The number of nitrogens with zero attached hydrogens (tertiary/aromatic N) is 3. The Balaban J connectivity index is 0.000000980. The van der Waals surface area contributed by atoms with Crippen LogP contribution in [-0.4, -0.2) is 20.2 Å². The topological polar surface area (TPSA) is 54.5 Å². The van der Waals surface area contributed by atoms with Crippen LogP contribution in [0.3, 0.4) is 0 Å². The summed E-state index contributed by atoms with van der Waals surface area (Å²) in [6.45, 7) is 6.34. The minimum Gasteiger partial charge on any atom is -0.259 e. The standard InChI is InChI=1S/C9H12N4.H2/c1-9(2,3)7-5-10-8-6(12-7)4-11-13-8;/h4-5H,1-3H3,(H,10,11,13);1H. The van der Waals surface area contributed by atoms with Crippen molar-refractivity contribution in [3.05, 3.63) is 18.1 Å². The van der Waals surface area contributed by atoms with Gasteiger partial charge in [0, 0.05) is 6.84 Å². The molecular weight excluding hydrogens is 164 g/mol. The molecule has 0 amide bonds. The fourth-order valence-electron chi connectivity index (χ4n) is 1.10. The van der Waals surface area contributed by atoms with Gasteiger partial charge in [0.25, 0.3) is 0 Å². The van der Waals surface area contributed by atoms with Crippen molar-refractivity contribution in [2.24, 2.45) is 0 Å². The fraction of sp³-hybridized carbons (Fsp3) is 0.444. The fourth-order valence-corrected chi connectivity index (χ4v) is 1.10. The SMILES string of the molecule is CC(C)(C)c1cnc2[nH]ncc2n1.[HH]. The summed E-state index contributed by atoms with van der Waals surface area (Å²) in [6, 6.07) is 0. The van der Waals surface area contributed by atoms with E-state index in [2.05, 4.69) is 40.9 Å². The number of fused-ring (bicyclic) bond motifs is 1. The lowest BCUT2D eigenvalue weighted by molar-refractivity contribution is 0.568. The highest BCUT2D eigenvalue weighted by atomic mass is 15.1. The van der Waals surface area contributed by atoms with Crippen LogP contribution in [0, 0.1) is 0 Å². The Kier molecular flexibility index (Phi) is 1.58. The van der Waals surface area contributed by atoms with Gasteiger partial charge in [-0.1, -0.05) is 20.8 Å². The van der Waals surface area contributed by atoms with Crippen molar-refractivity contribution in [2.45, 2.75) is 26.2 Å². The molecule has 2 heterocycles. The predicted molar refractivity (Wildman–Crippen MR) is 52.5 cm³/mol. The molecule has 0 unspecified atom stereocenters. The first-order chi connectivity index (χ1) is 6.07. The summed E-state index contributed by atoms with van der Waals surface area (Å²) >= 11 is 0. The van der Waals surface area contributed by atoms with Gasteiger partial charge in [0.15, 0.2) is 5.65 Å². The predicted octanol–water partition coefficient (Wildman–Crippen LogP) is 1.90. The Morgan fingerprint density at radius 1 is 1.31 bits per heavy atom. The summed E-state index contributed by atoms with van der Waals surface area (Å²) in [5.74, 6) is 0. The maximum atomic E-state index is 4.45. The lowest BCUT2D eigenvalue weighted by atomic mass is 9.93. The second-order valence-corrected chi connectivity index (χ2v) is 4.11. The molecule has 2 aromatic rings. The molecule has 2 aromatic heterocycles. The summed E-state index contributed by atoms with van der Waals surface area (Å²) in [7, 11) is 0. The number of hydrogen-bond acceptors (Lipinski definition) is 3. The van der Waals surface area contributed by atoms with E-state index in [0.717, 1.165) is 16.9 Å². The van der Waals surface area contributed by atoms with Crippen LogP contribution in [0.4, 0.5) is 0 Å². The van der Waals surface area contributed by atoms with Gasteiger partial charge in [-0.2, -0.15) is 5.10 Å². The first-order valence-corrected chi connectivity index (χ1v) is 4.24. The minimum atomic E-state index is 0. The second-order valence-electron chi connectivity index (χ2n) is 4.11. The van der Waals surface area contributed by atoms with E-state index in [1.54, 1.807) is 12.4 Å². The number of hydrogen-bond donors (Lipinski definition) is 1. The Bertz CT molecular complexity index is 430. The summed E-state index contributed by atoms with van der Waals surface area (Å²) < 4.78 is 0. The Morgan fingerprint density at radius 2 is 2.08 bits per heavy atom. The van der Waals surface area contributed by atoms with E-state index in [1.165, 1.54) is 0 Å².